The molecule has 5 rings (SSSR count). The average Bonchev–Trinajstić information content (AvgIpc) is 2.68. The number of hydrogen-bond donors (Lipinski definition) is 0. The highest BCUT2D eigenvalue weighted by atomic mass is 15.4. The van der Waals surface area contributed by atoms with Gasteiger partial charge in [-0.15, -0.1) is 0 Å². The van der Waals surface area contributed by atoms with Crippen LogP contribution in [0.15, 0.2) is 30.7 Å². The minimum atomic E-state index is 0.662. The molecule has 2 saturated heterocycles. The van der Waals surface area contributed by atoms with Crippen molar-refractivity contribution in [1.29, 1.82) is 0 Å². The molecule has 0 saturated carbocycles. The van der Waals surface area contributed by atoms with Crippen LogP contribution in [-0.4, -0.2) is 65.2 Å². The Morgan fingerprint density at radius 3 is 2.50 bits per heavy atom. The SMILES string of the molecule is c1ccc(N2CCN(C3CN(c4ncnc5c4CCCC5)C3)CC2)nc1. The fraction of sp³-hybridized carbons (Fsp3) is 0.550. The highest BCUT2D eigenvalue weighted by Gasteiger charge is 2.35. The number of nitrogens with zero attached hydrogens (tertiary/aromatic N) is 6. The van der Waals surface area contributed by atoms with Crippen molar-refractivity contribution in [1.82, 2.24) is 19.9 Å². The van der Waals surface area contributed by atoms with Crippen molar-refractivity contribution in [2.24, 2.45) is 0 Å². The molecule has 4 heterocycles. The first-order valence-corrected chi connectivity index (χ1v) is 9.86. The quantitative estimate of drug-likeness (QED) is 0.841. The molecule has 26 heavy (non-hydrogen) atoms. The third-order valence-electron chi connectivity index (χ3n) is 6.07. The van der Waals surface area contributed by atoms with E-state index in [0.29, 0.717) is 6.04 Å². The lowest BCUT2D eigenvalue weighted by Crippen LogP contribution is -2.63. The monoisotopic (exact) mass is 350 g/mol. The van der Waals surface area contributed by atoms with E-state index < -0.39 is 0 Å². The molecule has 0 spiro atoms. The Hall–Kier alpha value is -2.21. The van der Waals surface area contributed by atoms with E-state index in [1.165, 1.54) is 29.9 Å². The molecule has 136 valence electrons. The number of pyridine rings is 1. The minimum Gasteiger partial charge on any atom is -0.354 e. The normalized spacial score (nSPS) is 21.4. The van der Waals surface area contributed by atoms with Crippen LogP contribution in [0.2, 0.25) is 0 Å². The van der Waals surface area contributed by atoms with E-state index in [9.17, 15) is 0 Å². The van der Waals surface area contributed by atoms with Crippen molar-refractivity contribution in [2.45, 2.75) is 31.7 Å². The number of piperazine rings is 1. The molecule has 0 aromatic carbocycles. The van der Waals surface area contributed by atoms with Crippen molar-refractivity contribution in [3.8, 4) is 0 Å². The lowest BCUT2D eigenvalue weighted by molar-refractivity contribution is 0.156. The van der Waals surface area contributed by atoms with Crippen molar-refractivity contribution >= 4 is 11.6 Å². The van der Waals surface area contributed by atoms with Crippen molar-refractivity contribution in [3.63, 3.8) is 0 Å². The van der Waals surface area contributed by atoms with Gasteiger partial charge in [0.05, 0.1) is 0 Å². The number of fused-ring (bicyclic) bond motifs is 1. The topological polar surface area (TPSA) is 48.4 Å². The molecule has 0 atom stereocenters. The third-order valence-corrected chi connectivity index (χ3v) is 6.07. The third kappa shape index (κ3) is 2.92. The van der Waals surface area contributed by atoms with Gasteiger partial charge in [-0.05, 0) is 37.8 Å². The minimum absolute atomic E-state index is 0.662. The molecule has 2 aromatic heterocycles. The van der Waals surface area contributed by atoms with Crippen LogP contribution in [0, 0.1) is 0 Å². The van der Waals surface area contributed by atoms with Crippen LogP contribution in [0.3, 0.4) is 0 Å². The molecule has 1 aliphatic carbocycles. The summed E-state index contributed by atoms with van der Waals surface area (Å²) in [7, 11) is 0. The maximum absolute atomic E-state index is 4.63. The fourth-order valence-corrected chi connectivity index (χ4v) is 4.49. The summed E-state index contributed by atoms with van der Waals surface area (Å²) in [4.78, 5) is 21.1. The molecule has 6 nitrogen and oxygen atoms in total. The summed E-state index contributed by atoms with van der Waals surface area (Å²) >= 11 is 0. The first-order valence-electron chi connectivity index (χ1n) is 9.86. The van der Waals surface area contributed by atoms with Crippen LogP contribution in [0.25, 0.3) is 0 Å². The summed E-state index contributed by atoms with van der Waals surface area (Å²) < 4.78 is 0. The van der Waals surface area contributed by atoms with Gasteiger partial charge in [0.1, 0.15) is 18.0 Å². The Labute approximate surface area is 154 Å². The zero-order chi connectivity index (χ0) is 17.3. The second kappa shape index (κ2) is 6.83. The molecule has 2 aromatic rings. The summed E-state index contributed by atoms with van der Waals surface area (Å²) in [5, 5.41) is 0. The van der Waals surface area contributed by atoms with E-state index in [-0.39, 0.29) is 0 Å². The van der Waals surface area contributed by atoms with Gasteiger partial charge in [0.15, 0.2) is 0 Å². The van der Waals surface area contributed by atoms with Gasteiger partial charge < -0.3 is 9.80 Å². The zero-order valence-corrected chi connectivity index (χ0v) is 15.2. The van der Waals surface area contributed by atoms with Gasteiger partial charge >= 0.3 is 0 Å². The van der Waals surface area contributed by atoms with Gasteiger partial charge in [0.2, 0.25) is 0 Å². The molecule has 0 unspecified atom stereocenters. The molecule has 3 aliphatic rings. The smallest absolute Gasteiger partial charge is 0.135 e. The lowest BCUT2D eigenvalue weighted by atomic mass is 9.95. The van der Waals surface area contributed by atoms with Gasteiger partial charge in [0, 0.05) is 62.8 Å². The predicted octanol–water partition coefficient (Wildman–Crippen LogP) is 1.76. The van der Waals surface area contributed by atoms with Gasteiger partial charge in [0.25, 0.3) is 0 Å². The van der Waals surface area contributed by atoms with Crippen LogP contribution in [0.1, 0.15) is 24.1 Å². The fourth-order valence-electron chi connectivity index (χ4n) is 4.49. The number of aryl methyl sites for hydroxylation is 1. The largest absolute Gasteiger partial charge is 0.354 e. The Morgan fingerprint density at radius 2 is 1.69 bits per heavy atom. The average molecular weight is 350 g/mol. The molecular weight excluding hydrogens is 324 g/mol. The molecule has 0 N–H and O–H groups in total. The van der Waals surface area contributed by atoms with Crippen LogP contribution >= 0.6 is 0 Å². The van der Waals surface area contributed by atoms with Crippen LogP contribution in [0.5, 0.6) is 0 Å². The van der Waals surface area contributed by atoms with E-state index in [4.69, 9.17) is 0 Å². The maximum atomic E-state index is 4.63. The molecular formula is C20H26N6. The molecule has 2 aliphatic heterocycles. The van der Waals surface area contributed by atoms with E-state index in [0.717, 1.165) is 57.9 Å². The van der Waals surface area contributed by atoms with Gasteiger partial charge in [-0.25, -0.2) is 15.0 Å². The van der Waals surface area contributed by atoms with E-state index in [2.05, 4.69) is 41.8 Å². The number of rotatable bonds is 3. The Morgan fingerprint density at radius 1 is 0.846 bits per heavy atom. The summed E-state index contributed by atoms with van der Waals surface area (Å²) in [5.74, 6) is 2.31. The van der Waals surface area contributed by atoms with Crippen LogP contribution < -0.4 is 9.80 Å². The number of aromatic nitrogens is 3. The molecule has 0 amide bonds. The number of hydrogen-bond acceptors (Lipinski definition) is 6. The Balaban J connectivity index is 1.18. The predicted molar refractivity (Wildman–Crippen MR) is 103 cm³/mol. The first-order chi connectivity index (χ1) is 12.9. The summed E-state index contributed by atoms with van der Waals surface area (Å²) in [6, 6.07) is 6.82. The van der Waals surface area contributed by atoms with Crippen molar-refractivity contribution < 1.29 is 0 Å². The van der Waals surface area contributed by atoms with E-state index >= 15 is 0 Å². The Bertz CT molecular complexity index is 750. The second-order valence-corrected chi connectivity index (χ2v) is 7.60. The number of anilines is 2. The van der Waals surface area contributed by atoms with Gasteiger partial charge in [-0.3, -0.25) is 4.90 Å². The lowest BCUT2D eigenvalue weighted by Gasteiger charge is -2.49. The first kappa shape index (κ1) is 16.0. The van der Waals surface area contributed by atoms with Gasteiger partial charge in [-0.2, -0.15) is 0 Å². The summed E-state index contributed by atoms with van der Waals surface area (Å²) in [6.07, 6.45) is 8.46. The van der Waals surface area contributed by atoms with Crippen molar-refractivity contribution in [3.05, 3.63) is 42.0 Å². The van der Waals surface area contributed by atoms with Crippen LogP contribution in [-0.2, 0) is 12.8 Å². The van der Waals surface area contributed by atoms with Crippen LogP contribution in [0.4, 0.5) is 11.6 Å². The molecule has 0 radical (unpaired) electrons. The Kier molecular flexibility index (Phi) is 4.21. The highest BCUT2D eigenvalue weighted by molar-refractivity contribution is 5.52. The summed E-state index contributed by atoms with van der Waals surface area (Å²) in [6.45, 7) is 6.58. The maximum Gasteiger partial charge on any atom is 0.135 e. The molecule has 0 bridgehead atoms. The molecule has 6 heteroatoms. The molecule has 2 fully saturated rings. The van der Waals surface area contributed by atoms with E-state index in [1.807, 2.05) is 12.3 Å². The zero-order valence-electron chi connectivity index (χ0n) is 15.2. The standard InChI is InChI=1S/C20H26N6/c1-2-6-18-17(5-1)20(23-15-22-18)26-13-16(14-26)24-9-11-25(12-10-24)19-7-3-4-8-21-19/h3-4,7-8,15-16H,1-2,5-6,9-14H2. The van der Waals surface area contributed by atoms with Gasteiger partial charge in [-0.1, -0.05) is 6.07 Å². The highest BCUT2D eigenvalue weighted by Crippen LogP contribution is 2.31. The van der Waals surface area contributed by atoms with Crippen molar-refractivity contribution in [2.75, 3.05) is 49.1 Å². The van der Waals surface area contributed by atoms with E-state index in [1.54, 1.807) is 6.33 Å². The summed E-state index contributed by atoms with van der Waals surface area (Å²) in [5.41, 5.74) is 2.70. The second-order valence-electron chi connectivity index (χ2n) is 7.60.